The second-order valence-electron chi connectivity index (χ2n) is 7.72. The Labute approximate surface area is 184 Å². The second kappa shape index (κ2) is 9.09. The van der Waals surface area contributed by atoms with Gasteiger partial charge >= 0.3 is 5.69 Å². The number of para-hydroxylation sites is 1. The molecule has 2 heterocycles. The van der Waals surface area contributed by atoms with Crippen LogP contribution in [-0.4, -0.2) is 41.3 Å². The fraction of sp³-hybridized carbons (Fsp3) is 0.318. The summed E-state index contributed by atoms with van der Waals surface area (Å²) in [7, 11) is -3.61. The molecule has 0 atom stereocenters. The first kappa shape index (κ1) is 22.0. The number of hydrogen-bond acceptors (Lipinski definition) is 5. The van der Waals surface area contributed by atoms with E-state index in [9.17, 15) is 22.8 Å². The number of anilines is 1. The number of nitrogens with one attached hydrogen (secondary N) is 2. The third-order valence-corrected chi connectivity index (χ3v) is 7.43. The summed E-state index contributed by atoms with van der Waals surface area (Å²) >= 11 is 0. The van der Waals surface area contributed by atoms with Gasteiger partial charge in [0.2, 0.25) is 15.9 Å². The number of aromatic amines is 1. The van der Waals surface area contributed by atoms with Gasteiger partial charge < -0.3 is 5.32 Å². The van der Waals surface area contributed by atoms with Crippen molar-refractivity contribution in [2.24, 2.45) is 0 Å². The highest BCUT2D eigenvalue weighted by Gasteiger charge is 2.26. The van der Waals surface area contributed by atoms with Crippen LogP contribution in [0.1, 0.15) is 25.7 Å². The van der Waals surface area contributed by atoms with Crippen LogP contribution in [-0.2, 0) is 21.4 Å². The Balaban J connectivity index is 1.48. The van der Waals surface area contributed by atoms with E-state index >= 15 is 0 Å². The van der Waals surface area contributed by atoms with Crippen LogP contribution in [0.15, 0.2) is 63.0 Å². The molecule has 0 aliphatic carbocycles. The Kier molecular flexibility index (Phi) is 6.24. The largest absolute Gasteiger partial charge is 0.328 e. The van der Waals surface area contributed by atoms with Gasteiger partial charge in [0.25, 0.3) is 5.56 Å². The minimum absolute atomic E-state index is 0.0287. The molecule has 0 radical (unpaired) electrons. The van der Waals surface area contributed by atoms with E-state index in [2.05, 4.69) is 10.3 Å². The van der Waals surface area contributed by atoms with Gasteiger partial charge in [0, 0.05) is 31.7 Å². The van der Waals surface area contributed by atoms with Gasteiger partial charge in [-0.2, -0.15) is 4.31 Å². The fourth-order valence-corrected chi connectivity index (χ4v) is 5.45. The molecular weight excluding hydrogens is 432 g/mol. The van der Waals surface area contributed by atoms with Crippen molar-refractivity contribution in [3.63, 3.8) is 0 Å². The van der Waals surface area contributed by atoms with Crippen molar-refractivity contribution in [1.29, 1.82) is 0 Å². The molecule has 32 heavy (non-hydrogen) atoms. The molecule has 3 aromatic rings. The number of amides is 1. The van der Waals surface area contributed by atoms with Gasteiger partial charge in [-0.3, -0.25) is 19.1 Å². The summed E-state index contributed by atoms with van der Waals surface area (Å²) in [4.78, 5) is 39.1. The standard InChI is InChI=1S/C22H24N4O5S/c27-20(11-14-26-19-10-3-2-9-18(19)21(28)24-22(26)29)23-16-7-6-8-17(15-16)32(30,31)25-12-4-1-5-13-25/h2-3,6-10,15H,1,4-5,11-14H2,(H,23,27)(H,24,28,29). The lowest BCUT2D eigenvalue weighted by molar-refractivity contribution is -0.116. The normalized spacial score (nSPS) is 15.0. The van der Waals surface area contributed by atoms with Crippen LogP contribution >= 0.6 is 0 Å². The Morgan fingerprint density at radius 1 is 1.00 bits per heavy atom. The van der Waals surface area contributed by atoms with Gasteiger partial charge in [-0.05, 0) is 43.2 Å². The predicted molar refractivity (Wildman–Crippen MR) is 121 cm³/mol. The van der Waals surface area contributed by atoms with Crippen LogP contribution in [0.4, 0.5) is 5.69 Å². The molecule has 2 aromatic carbocycles. The van der Waals surface area contributed by atoms with Crippen molar-refractivity contribution in [3.05, 3.63) is 69.4 Å². The summed E-state index contributed by atoms with van der Waals surface area (Å²) < 4.78 is 28.6. The Morgan fingerprint density at radius 2 is 1.75 bits per heavy atom. The number of carbonyl (C=O) groups is 1. The number of aromatic nitrogens is 2. The van der Waals surface area contributed by atoms with Crippen molar-refractivity contribution in [2.75, 3.05) is 18.4 Å². The fourth-order valence-electron chi connectivity index (χ4n) is 3.89. The molecule has 1 aliphatic rings. The van der Waals surface area contributed by atoms with E-state index < -0.39 is 21.3 Å². The van der Waals surface area contributed by atoms with E-state index in [1.165, 1.54) is 21.0 Å². The summed E-state index contributed by atoms with van der Waals surface area (Å²) in [5.41, 5.74) is -0.246. The van der Waals surface area contributed by atoms with Gasteiger partial charge in [-0.1, -0.05) is 24.6 Å². The molecule has 0 saturated carbocycles. The average molecular weight is 457 g/mol. The smallest absolute Gasteiger partial charge is 0.326 e. The van der Waals surface area contributed by atoms with Crippen LogP contribution in [0, 0.1) is 0 Å². The zero-order valence-corrected chi connectivity index (χ0v) is 18.2. The number of benzene rings is 2. The first-order chi connectivity index (χ1) is 15.4. The number of hydrogen-bond donors (Lipinski definition) is 2. The molecular formula is C22H24N4O5S. The van der Waals surface area contributed by atoms with E-state index in [1.54, 1.807) is 36.4 Å². The van der Waals surface area contributed by atoms with E-state index in [0.29, 0.717) is 29.7 Å². The van der Waals surface area contributed by atoms with Gasteiger partial charge in [-0.15, -0.1) is 0 Å². The highest BCUT2D eigenvalue weighted by atomic mass is 32.2. The van der Waals surface area contributed by atoms with Crippen molar-refractivity contribution >= 4 is 32.5 Å². The van der Waals surface area contributed by atoms with Crippen molar-refractivity contribution in [1.82, 2.24) is 13.9 Å². The van der Waals surface area contributed by atoms with Crippen LogP contribution < -0.4 is 16.6 Å². The van der Waals surface area contributed by atoms with Crippen LogP contribution in [0.2, 0.25) is 0 Å². The summed E-state index contributed by atoms with van der Waals surface area (Å²) in [5.74, 6) is -0.375. The molecule has 9 nitrogen and oxygen atoms in total. The third-order valence-electron chi connectivity index (χ3n) is 5.54. The number of nitrogens with zero attached hydrogens (tertiary/aromatic N) is 2. The second-order valence-corrected chi connectivity index (χ2v) is 9.66. The van der Waals surface area contributed by atoms with Gasteiger partial charge in [-0.25, -0.2) is 13.2 Å². The monoisotopic (exact) mass is 456 g/mol. The number of carbonyl (C=O) groups excluding carboxylic acids is 1. The Morgan fingerprint density at radius 3 is 2.53 bits per heavy atom. The first-order valence-corrected chi connectivity index (χ1v) is 11.9. The van der Waals surface area contributed by atoms with E-state index in [1.807, 2.05) is 0 Å². The summed E-state index contributed by atoms with van der Waals surface area (Å²) in [6.45, 7) is 1.06. The topological polar surface area (TPSA) is 121 Å². The van der Waals surface area contributed by atoms with Crippen LogP contribution in [0.5, 0.6) is 0 Å². The number of rotatable bonds is 6. The Hall–Kier alpha value is -3.24. The molecule has 1 aromatic heterocycles. The quantitative estimate of drug-likeness (QED) is 0.587. The number of sulfonamides is 1. The minimum atomic E-state index is -3.61. The maximum atomic E-state index is 12.9. The first-order valence-electron chi connectivity index (χ1n) is 10.5. The molecule has 10 heteroatoms. The highest BCUT2D eigenvalue weighted by molar-refractivity contribution is 7.89. The highest BCUT2D eigenvalue weighted by Crippen LogP contribution is 2.23. The molecule has 4 rings (SSSR count). The predicted octanol–water partition coefficient (Wildman–Crippen LogP) is 1.89. The van der Waals surface area contributed by atoms with Crippen molar-refractivity contribution in [3.8, 4) is 0 Å². The number of aryl methyl sites for hydroxylation is 1. The van der Waals surface area contributed by atoms with E-state index in [4.69, 9.17) is 0 Å². The lowest BCUT2D eigenvalue weighted by atomic mass is 10.2. The minimum Gasteiger partial charge on any atom is -0.326 e. The molecule has 0 bridgehead atoms. The summed E-state index contributed by atoms with van der Waals surface area (Å²) in [5, 5.41) is 3.06. The van der Waals surface area contributed by atoms with Gasteiger partial charge in [0.1, 0.15) is 0 Å². The van der Waals surface area contributed by atoms with Crippen LogP contribution in [0.3, 0.4) is 0 Å². The van der Waals surface area contributed by atoms with Gasteiger partial charge in [0.05, 0.1) is 15.8 Å². The zero-order chi connectivity index (χ0) is 22.7. The molecule has 2 N–H and O–H groups in total. The van der Waals surface area contributed by atoms with Crippen molar-refractivity contribution in [2.45, 2.75) is 37.1 Å². The van der Waals surface area contributed by atoms with E-state index in [-0.39, 0.29) is 23.8 Å². The van der Waals surface area contributed by atoms with Crippen molar-refractivity contribution < 1.29 is 13.2 Å². The zero-order valence-electron chi connectivity index (χ0n) is 17.4. The number of H-pyrrole nitrogens is 1. The maximum absolute atomic E-state index is 12.9. The van der Waals surface area contributed by atoms with Crippen LogP contribution in [0.25, 0.3) is 10.9 Å². The lowest BCUT2D eigenvalue weighted by Gasteiger charge is -2.26. The molecule has 0 unspecified atom stereocenters. The maximum Gasteiger partial charge on any atom is 0.328 e. The lowest BCUT2D eigenvalue weighted by Crippen LogP contribution is -2.35. The van der Waals surface area contributed by atoms with E-state index in [0.717, 1.165) is 19.3 Å². The summed E-state index contributed by atoms with van der Waals surface area (Å²) in [6, 6.07) is 12.9. The molecule has 1 amide bonds. The summed E-state index contributed by atoms with van der Waals surface area (Å²) in [6.07, 6.45) is 2.68. The SMILES string of the molecule is O=C(CCn1c(=O)[nH]c(=O)c2ccccc21)Nc1cccc(S(=O)(=O)N2CCCCC2)c1. The Bertz CT molecular complexity index is 1370. The third kappa shape index (κ3) is 4.51. The number of piperidine rings is 1. The average Bonchev–Trinajstić information content (AvgIpc) is 2.79. The molecule has 168 valence electrons. The molecule has 1 saturated heterocycles. The molecule has 1 fully saturated rings. The number of fused-ring (bicyclic) bond motifs is 1. The molecule has 1 aliphatic heterocycles. The van der Waals surface area contributed by atoms with Gasteiger partial charge in [0.15, 0.2) is 0 Å². The molecule has 0 spiro atoms.